The molecule has 1 fully saturated rings. The quantitative estimate of drug-likeness (QED) is 0.736. The lowest BCUT2D eigenvalue weighted by Gasteiger charge is -2.39. The van der Waals surface area contributed by atoms with E-state index in [0.717, 1.165) is 16.8 Å². The van der Waals surface area contributed by atoms with E-state index in [9.17, 15) is 4.79 Å². The van der Waals surface area contributed by atoms with Crippen LogP contribution >= 0.6 is 0 Å². The van der Waals surface area contributed by atoms with Crippen molar-refractivity contribution in [1.82, 2.24) is 19.4 Å². The summed E-state index contributed by atoms with van der Waals surface area (Å²) >= 11 is 0. The Morgan fingerprint density at radius 1 is 1.22 bits per heavy atom. The Bertz CT molecular complexity index is 825. The number of hydrogen-bond donors (Lipinski definition) is 0. The Morgan fingerprint density at radius 2 is 2.09 bits per heavy atom. The largest absolute Gasteiger partial charge is 0.485 e. The molecule has 1 aliphatic rings. The minimum atomic E-state index is 0.0441. The fourth-order valence-electron chi connectivity index (χ4n) is 2.71. The van der Waals surface area contributed by atoms with Gasteiger partial charge in [-0.25, -0.2) is 4.98 Å². The van der Waals surface area contributed by atoms with Crippen LogP contribution in [0.5, 0.6) is 5.75 Å². The summed E-state index contributed by atoms with van der Waals surface area (Å²) in [5.41, 5.74) is 1.88. The third-order valence-corrected chi connectivity index (χ3v) is 3.97. The lowest BCUT2D eigenvalue weighted by Crippen LogP contribution is -2.56. The van der Waals surface area contributed by atoms with Gasteiger partial charge in [-0.2, -0.15) is 0 Å². The van der Waals surface area contributed by atoms with Crippen LogP contribution in [0.15, 0.2) is 55.1 Å². The molecule has 1 aliphatic heterocycles. The van der Waals surface area contributed by atoms with Crippen molar-refractivity contribution in [2.24, 2.45) is 0 Å². The predicted molar refractivity (Wildman–Crippen MR) is 85.0 cm³/mol. The van der Waals surface area contributed by atoms with Crippen LogP contribution in [0.3, 0.4) is 0 Å². The second kappa shape index (κ2) is 5.72. The lowest BCUT2D eigenvalue weighted by atomic mass is 10.1. The summed E-state index contributed by atoms with van der Waals surface area (Å²) in [6.07, 6.45) is 5.15. The minimum Gasteiger partial charge on any atom is -0.485 e. The lowest BCUT2D eigenvalue weighted by molar-refractivity contribution is -0.140. The van der Waals surface area contributed by atoms with Crippen molar-refractivity contribution in [3.05, 3.63) is 55.1 Å². The molecule has 0 saturated carbocycles. The summed E-state index contributed by atoms with van der Waals surface area (Å²) in [6, 6.07) is 11.5. The zero-order chi connectivity index (χ0) is 15.6. The first-order valence-electron chi connectivity index (χ1n) is 7.54. The number of ether oxygens (including phenoxy) is 1. The molecule has 0 radical (unpaired) electrons. The number of rotatable bonds is 4. The zero-order valence-corrected chi connectivity index (χ0v) is 12.5. The van der Waals surface area contributed by atoms with Gasteiger partial charge in [-0.05, 0) is 24.3 Å². The van der Waals surface area contributed by atoms with Crippen LogP contribution in [0, 0.1) is 0 Å². The first-order chi connectivity index (χ1) is 11.3. The maximum absolute atomic E-state index is 12.3. The van der Waals surface area contributed by atoms with Crippen molar-refractivity contribution < 1.29 is 9.53 Å². The van der Waals surface area contributed by atoms with Gasteiger partial charge in [0.1, 0.15) is 18.4 Å². The van der Waals surface area contributed by atoms with Gasteiger partial charge < -0.3 is 14.2 Å². The summed E-state index contributed by atoms with van der Waals surface area (Å²) < 4.78 is 7.64. The van der Waals surface area contributed by atoms with Gasteiger partial charge in [0, 0.05) is 6.20 Å². The average Bonchev–Trinajstić information content (AvgIpc) is 2.94. The Balaban J connectivity index is 1.35. The van der Waals surface area contributed by atoms with Crippen LogP contribution in [-0.2, 0) is 11.3 Å². The number of benzene rings is 1. The third-order valence-electron chi connectivity index (χ3n) is 3.97. The number of fused-ring (bicyclic) bond motifs is 1. The van der Waals surface area contributed by atoms with E-state index in [-0.39, 0.29) is 12.0 Å². The number of amides is 1. The Kier molecular flexibility index (Phi) is 3.42. The molecule has 0 spiro atoms. The number of pyridine rings is 1. The first kappa shape index (κ1) is 13.8. The molecule has 6 nitrogen and oxygen atoms in total. The topological polar surface area (TPSA) is 60.2 Å². The summed E-state index contributed by atoms with van der Waals surface area (Å²) in [5, 5.41) is 0. The maximum atomic E-state index is 12.3. The normalized spacial score (nSPS) is 14.7. The average molecular weight is 308 g/mol. The molecule has 116 valence electrons. The number of nitrogens with zero attached hydrogens (tertiary/aromatic N) is 4. The molecule has 0 atom stereocenters. The smallest absolute Gasteiger partial charge is 0.242 e. The van der Waals surface area contributed by atoms with Crippen molar-refractivity contribution in [3.8, 4) is 5.75 Å². The molecule has 1 amide bonds. The van der Waals surface area contributed by atoms with Gasteiger partial charge in [0.05, 0.1) is 36.6 Å². The SMILES string of the molecule is O=C(Cn1cnc2ccccc21)N1CC(Oc2cccnc2)C1. The highest BCUT2D eigenvalue weighted by Gasteiger charge is 2.32. The predicted octanol–water partition coefficient (Wildman–Crippen LogP) is 1.72. The standard InChI is InChI=1S/C17H16N4O2/c22-17(11-21-12-19-15-5-1-2-6-16(15)21)20-9-14(10-20)23-13-4-3-7-18-8-13/h1-8,12,14H,9-11H2. The summed E-state index contributed by atoms with van der Waals surface area (Å²) in [5.74, 6) is 0.824. The maximum Gasteiger partial charge on any atom is 0.242 e. The molecular formula is C17H16N4O2. The van der Waals surface area contributed by atoms with E-state index in [1.54, 1.807) is 23.6 Å². The highest BCUT2D eigenvalue weighted by molar-refractivity contribution is 5.81. The molecule has 3 aromatic rings. The summed E-state index contributed by atoms with van der Waals surface area (Å²) in [4.78, 5) is 22.5. The fraction of sp³-hybridized carbons (Fsp3) is 0.235. The second-order valence-corrected chi connectivity index (χ2v) is 5.59. The van der Waals surface area contributed by atoms with Gasteiger partial charge in [-0.1, -0.05) is 12.1 Å². The zero-order valence-electron chi connectivity index (χ0n) is 12.5. The third kappa shape index (κ3) is 2.75. The van der Waals surface area contributed by atoms with E-state index < -0.39 is 0 Å². The van der Waals surface area contributed by atoms with Crippen molar-refractivity contribution in [1.29, 1.82) is 0 Å². The number of imidazole rings is 1. The summed E-state index contributed by atoms with van der Waals surface area (Å²) in [6.45, 7) is 1.53. The van der Waals surface area contributed by atoms with Gasteiger partial charge >= 0.3 is 0 Å². The van der Waals surface area contributed by atoms with Gasteiger partial charge in [0.15, 0.2) is 0 Å². The van der Waals surface area contributed by atoms with Crippen LogP contribution in [0.4, 0.5) is 0 Å². The van der Waals surface area contributed by atoms with Crippen LogP contribution < -0.4 is 4.74 Å². The molecule has 2 aromatic heterocycles. The van der Waals surface area contributed by atoms with E-state index in [0.29, 0.717) is 19.6 Å². The first-order valence-corrected chi connectivity index (χ1v) is 7.54. The highest BCUT2D eigenvalue weighted by atomic mass is 16.5. The molecular weight excluding hydrogens is 292 g/mol. The van der Waals surface area contributed by atoms with E-state index in [2.05, 4.69) is 9.97 Å². The van der Waals surface area contributed by atoms with Gasteiger partial charge in [-0.3, -0.25) is 9.78 Å². The highest BCUT2D eigenvalue weighted by Crippen LogP contribution is 2.18. The fourth-order valence-corrected chi connectivity index (χ4v) is 2.71. The molecule has 0 aliphatic carbocycles. The number of carbonyl (C=O) groups excluding carboxylic acids is 1. The number of aromatic nitrogens is 3. The van der Waals surface area contributed by atoms with Crippen LogP contribution in [0.2, 0.25) is 0 Å². The molecule has 23 heavy (non-hydrogen) atoms. The van der Waals surface area contributed by atoms with Crippen molar-refractivity contribution in [2.45, 2.75) is 12.6 Å². The summed E-state index contributed by atoms with van der Waals surface area (Å²) in [7, 11) is 0. The van der Waals surface area contributed by atoms with Crippen LogP contribution in [0.1, 0.15) is 0 Å². The van der Waals surface area contributed by atoms with Crippen molar-refractivity contribution in [3.63, 3.8) is 0 Å². The number of para-hydroxylation sites is 2. The molecule has 0 bridgehead atoms. The molecule has 1 aromatic carbocycles. The second-order valence-electron chi connectivity index (χ2n) is 5.59. The molecule has 3 heterocycles. The minimum absolute atomic E-state index is 0.0441. The Morgan fingerprint density at radius 3 is 2.91 bits per heavy atom. The molecule has 6 heteroatoms. The van der Waals surface area contributed by atoms with E-state index in [1.807, 2.05) is 41.0 Å². The molecule has 0 unspecified atom stereocenters. The Labute approximate surface area is 133 Å². The van der Waals surface area contributed by atoms with E-state index in [4.69, 9.17) is 4.74 Å². The van der Waals surface area contributed by atoms with E-state index in [1.165, 1.54) is 0 Å². The number of likely N-dealkylation sites (tertiary alicyclic amines) is 1. The Hall–Kier alpha value is -2.89. The molecule has 0 N–H and O–H groups in total. The van der Waals surface area contributed by atoms with Gasteiger partial charge in [-0.15, -0.1) is 0 Å². The van der Waals surface area contributed by atoms with Crippen molar-refractivity contribution in [2.75, 3.05) is 13.1 Å². The van der Waals surface area contributed by atoms with Gasteiger partial charge in [0.25, 0.3) is 0 Å². The van der Waals surface area contributed by atoms with Crippen LogP contribution in [0.25, 0.3) is 11.0 Å². The number of hydrogen-bond acceptors (Lipinski definition) is 4. The molecule has 4 rings (SSSR count). The van der Waals surface area contributed by atoms with E-state index >= 15 is 0 Å². The monoisotopic (exact) mass is 308 g/mol. The molecule has 1 saturated heterocycles. The van der Waals surface area contributed by atoms with Crippen LogP contribution in [-0.4, -0.2) is 44.5 Å². The van der Waals surface area contributed by atoms with Crippen molar-refractivity contribution >= 4 is 16.9 Å². The number of carbonyl (C=O) groups is 1. The van der Waals surface area contributed by atoms with Gasteiger partial charge in [0.2, 0.25) is 5.91 Å².